The van der Waals surface area contributed by atoms with Gasteiger partial charge in [0.25, 0.3) is 0 Å². The first-order valence-electron chi connectivity index (χ1n) is 11.8. The summed E-state index contributed by atoms with van der Waals surface area (Å²) in [6, 6.07) is 0. The van der Waals surface area contributed by atoms with Gasteiger partial charge in [0.2, 0.25) is 0 Å². The normalized spacial score (nSPS) is 11.6. The molecular formula is C30H36N2O. The van der Waals surface area contributed by atoms with Crippen LogP contribution in [0, 0.1) is 83.1 Å². The SMILES string of the molecule is Cc1c(C)c(C)c(-c2c(C)c(C)c(-c3c(C)c(C)c(C)c(C)c3C)c3nonc23)c(C)c1C. The molecule has 172 valence electrons. The smallest absolute Gasteiger partial charge is 0.143 e. The van der Waals surface area contributed by atoms with Crippen molar-refractivity contribution in [2.45, 2.75) is 83.1 Å². The van der Waals surface area contributed by atoms with Gasteiger partial charge in [-0.1, -0.05) is 0 Å². The zero-order chi connectivity index (χ0) is 24.5. The summed E-state index contributed by atoms with van der Waals surface area (Å²) >= 11 is 0. The Morgan fingerprint density at radius 2 is 0.515 bits per heavy atom. The van der Waals surface area contributed by atoms with Gasteiger partial charge in [-0.05, 0) is 171 Å². The monoisotopic (exact) mass is 440 g/mol. The first kappa shape index (κ1) is 23.2. The second-order valence-corrected chi connectivity index (χ2v) is 9.96. The third-order valence-electron chi connectivity index (χ3n) is 8.77. The Balaban J connectivity index is 2.21. The quantitative estimate of drug-likeness (QED) is 0.315. The number of rotatable bonds is 2. The van der Waals surface area contributed by atoms with Crippen LogP contribution in [0.4, 0.5) is 0 Å². The average molecular weight is 441 g/mol. The summed E-state index contributed by atoms with van der Waals surface area (Å²) < 4.78 is 5.43. The minimum absolute atomic E-state index is 0.858. The van der Waals surface area contributed by atoms with Crippen molar-refractivity contribution < 1.29 is 4.63 Å². The molecule has 0 N–H and O–H groups in total. The lowest BCUT2D eigenvalue weighted by Crippen LogP contribution is -2.05. The number of hydrogen-bond donors (Lipinski definition) is 0. The van der Waals surface area contributed by atoms with Gasteiger partial charge < -0.3 is 0 Å². The molecule has 0 saturated heterocycles. The minimum Gasteiger partial charge on any atom is -0.243 e. The summed E-state index contributed by atoms with van der Waals surface area (Å²) in [5.74, 6) is 0. The number of aromatic nitrogens is 2. The molecule has 4 rings (SSSR count). The highest BCUT2D eigenvalue weighted by atomic mass is 16.6. The zero-order valence-electron chi connectivity index (χ0n) is 22.3. The molecular weight excluding hydrogens is 404 g/mol. The third-order valence-corrected chi connectivity index (χ3v) is 8.77. The first-order chi connectivity index (χ1) is 15.4. The lowest BCUT2D eigenvalue weighted by atomic mass is 9.79. The van der Waals surface area contributed by atoms with Crippen LogP contribution in [-0.2, 0) is 0 Å². The van der Waals surface area contributed by atoms with Crippen LogP contribution < -0.4 is 0 Å². The van der Waals surface area contributed by atoms with Gasteiger partial charge >= 0.3 is 0 Å². The Morgan fingerprint density at radius 1 is 0.303 bits per heavy atom. The molecule has 0 atom stereocenters. The van der Waals surface area contributed by atoms with Crippen LogP contribution in [0.25, 0.3) is 33.3 Å². The van der Waals surface area contributed by atoms with E-state index in [1.165, 1.54) is 77.9 Å². The van der Waals surface area contributed by atoms with Crippen LogP contribution in [0.3, 0.4) is 0 Å². The van der Waals surface area contributed by atoms with E-state index in [4.69, 9.17) is 4.63 Å². The van der Waals surface area contributed by atoms with Crippen LogP contribution in [-0.4, -0.2) is 10.3 Å². The fourth-order valence-corrected chi connectivity index (χ4v) is 5.61. The van der Waals surface area contributed by atoms with E-state index in [1.807, 2.05) is 0 Å². The average Bonchev–Trinajstić information content (AvgIpc) is 3.27. The molecule has 0 unspecified atom stereocenters. The zero-order valence-corrected chi connectivity index (χ0v) is 22.3. The van der Waals surface area contributed by atoms with Gasteiger partial charge in [0.15, 0.2) is 0 Å². The number of benzene rings is 3. The van der Waals surface area contributed by atoms with E-state index in [0.717, 1.165) is 22.2 Å². The lowest BCUT2D eigenvalue weighted by molar-refractivity contribution is 0.315. The standard InChI is InChI=1S/C30H36N2O/c1-13-15(3)19(7)25(20(8)16(13)4)27-23(11)24(12)28(30-29(27)31-33-32-30)26-21(9)17(5)14(2)18(6)22(26)10/h1-12H3. The Kier molecular flexibility index (Phi) is 5.51. The van der Waals surface area contributed by atoms with Gasteiger partial charge in [-0.2, -0.15) is 0 Å². The predicted molar refractivity (Wildman–Crippen MR) is 140 cm³/mol. The fourth-order valence-electron chi connectivity index (χ4n) is 5.61. The Hall–Kier alpha value is -2.94. The minimum atomic E-state index is 0.858. The molecule has 0 amide bonds. The summed E-state index contributed by atoms with van der Waals surface area (Å²) in [5.41, 5.74) is 22.4. The maximum absolute atomic E-state index is 5.43. The van der Waals surface area contributed by atoms with Crippen LogP contribution in [0.1, 0.15) is 66.8 Å². The second-order valence-electron chi connectivity index (χ2n) is 9.96. The molecule has 3 heteroatoms. The maximum atomic E-state index is 5.43. The van der Waals surface area contributed by atoms with E-state index in [2.05, 4.69) is 93.4 Å². The van der Waals surface area contributed by atoms with Gasteiger partial charge in [-0.25, -0.2) is 4.63 Å². The molecule has 0 saturated carbocycles. The van der Waals surface area contributed by atoms with E-state index < -0.39 is 0 Å². The highest BCUT2D eigenvalue weighted by Gasteiger charge is 2.27. The fraction of sp³-hybridized carbons (Fsp3) is 0.400. The molecule has 0 radical (unpaired) electrons. The molecule has 1 heterocycles. The van der Waals surface area contributed by atoms with Gasteiger partial charge in [-0.3, -0.25) is 0 Å². The molecule has 4 aromatic rings. The summed E-state index contributed by atoms with van der Waals surface area (Å²) in [6.07, 6.45) is 0. The molecule has 3 aromatic carbocycles. The van der Waals surface area contributed by atoms with E-state index >= 15 is 0 Å². The number of hydrogen-bond acceptors (Lipinski definition) is 3. The van der Waals surface area contributed by atoms with E-state index in [9.17, 15) is 0 Å². The van der Waals surface area contributed by atoms with Crippen molar-refractivity contribution in [1.29, 1.82) is 0 Å². The van der Waals surface area contributed by atoms with Gasteiger partial charge in [0.05, 0.1) is 0 Å². The molecule has 1 aromatic heterocycles. The van der Waals surface area contributed by atoms with Gasteiger partial charge in [-0.15, -0.1) is 0 Å². The Labute approximate surface area is 198 Å². The van der Waals surface area contributed by atoms with Crippen LogP contribution in [0.2, 0.25) is 0 Å². The third kappa shape index (κ3) is 3.08. The molecule has 33 heavy (non-hydrogen) atoms. The van der Waals surface area contributed by atoms with Crippen LogP contribution in [0.5, 0.6) is 0 Å². The summed E-state index contributed by atoms with van der Waals surface area (Å²) in [7, 11) is 0. The van der Waals surface area contributed by atoms with Crippen molar-refractivity contribution in [2.24, 2.45) is 0 Å². The lowest BCUT2D eigenvalue weighted by Gasteiger charge is -2.24. The number of nitrogens with zero attached hydrogens (tertiary/aromatic N) is 2. The predicted octanol–water partition coefficient (Wildman–Crippen LogP) is 8.26. The van der Waals surface area contributed by atoms with E-state index in [1.54, 1.807) is 0 Å². The van der Waals surface area contributed by atoms with Crippen molar-refractivity contribution in [1.82, 2.24) is 10.3 Å². The number of fused-ring (bicyclic) bond motifs is 1. The summed E-state index contributed by atoms with van der Waals surface area (Å²) in [4.78, 5) is 0. The molecule has 0 bridgehead atoms. The van der Waals surface area contributed by atoms with Crippen molar-refractivity contribution in [2.75, 3.05) is 0 Å². The molecule has 0 spiro atoms. The van der Waals surface area contributed by atoms with Crippen molar-refractivity contribution in [3.05, 3.63) is 66.8 Å². The highest BCUT2D eigenvalue weighted by molar-refractivity contribution is 6.05. The molecule has 0 fully saturated rings. The van der Waals surface area contributed by atoms with Crippen molar-refractivity contribution in [3.63, 3.8) is 0 Å². The van der Waals surface area contributed by atoms with Crippen LogP contribution >= 0.6 is 0 Å². The highest BCUT2D eigenvalue weighted by Crippen LogP contribution is 2.46. The van der Waals surface area contributed by atoms with Gasteiger partial charge in [0.1, 0.15) is 11.0 Å². The Morgan fingerprint density at radius 3 is 0.788 bits per heavy atom. The molecule has 0 aliphatic heterocycles. The largest absolute Gasteiger partial charge is 0.243 e. The van der Waals surface area contributed by atoms with Crippen molar-refractivity contribution >= 4 is 11.0 Å². The maximum Gasteiger partial charge on any atom is 0.143 e. The topological polar surface area (TPSA) is 38.9 Å². The Bertz CT molecular complexity index is 1300. The summed E-state index contributed by atoms with van der Waals surface area (Å²) in [5, 5.41) is 8.97. The summed E-state index contributed by atoms with van der Waals surface area (Å²) in [6.45, 7) is 26.7. The molecule has 0 aliphatic rings. The van der Waals surface area contributed by atoms with E-state index in [0.29, 0.717) is 0 Å². The first-order valence-corrected chi connectivity index (χ1v) is 11.8. The second kappa shape index (κ2) is 7.83. The van der Waals surface area contributed by atoms with Crippen molar-refractivity contribution in [3.8, 4) is 22.3 Å². The molecule has 3 nitrogen and oxygen atoms in total. The van der Waals surface area contributed by atoms with Crippen LogP contribution in [0.15, 0.2) is 4.63 Å². The van der Waals surface area contributed by atoms with Gasteiger partial charge in [0, 0.05) is 11.1 Å². The van der Waals surface area contributed by atoms with E-state index in [-0.39, 0.29) is 0 Å². The molecule has 0 aliphatic carbocycles.